The molecule has 0 heterocycles. The predicted octanol–water partition coefficient (Wildman–Crippen LogP) is 3.10. The minimum absolute atomic E-state index is 0.498. The van der Waals surface area contributed by atoms with E-state index in [9.17, 15) is 4.79 Å². The summed E-state index contributed by atoms with van der Waals surface area (Å²) in [4.78, 5) is 11.5. The molecule has 72 valence electrons. The highest BCUT2D eigenvalue weighted by atomic mass is 16.1. The third kappa shape index (κ3) is 2.01. The largest absolute Gasteiger partial charge is 0.300 e. The zero-order valence-electron chi connectivity index (χ0n) is 8.38. The fraction of sp³-hybridized carbons (Fsp3) is 0.750. The molecule has 0 aliphatic heterocycles. The van der Waals surface area contributed by atoms with Gasteiger partial charge in [0.1, 0.15) is 5.78 Å². The Bertz CT molecular complexity index is 240. The number of Topliss-reactive ketones (excluding diaryl/α,β-unsaturated/α-hetero) is 1. The van der Waals surface area contributed by atoms with E-state index >= 15 is 0 Å². The maximum Gasteiger partial charge on any atom is 0.133 e. The smallest absolute Gasteiger partial charge is 0.133 e. The molecule has 1 saturated carbocycles. The van der Waals surface area contributed by atoms with Crippen LogP contribution in [0.25, 0.3) is 0 Å². The first-order valence-corrected chi connectivity index (χ1v) is 5.46. The molecule has 0 aromatic rings. The molecule has 13 heavy (non-hydrogen) atoms. The third-order valence-electron chi connectivity index (χ3n) is 3.51. The van der Waals surface area contributed by atoms with Crippen LogP contribution in [-0.2, 0) is 4.79 Å². The Kier molecular flexibility index (Phi) is 2.52. The summed E-state index contributed by atoms with van der Waals surface area (Å²) in [6, 6.07) is 0. The molecule has 0 N–H and O–H groups in total. The Labute approximate surface area is 80.2 Å². The molecule has 0 amide bonds. The second-order valence-electron chi connectivity index (χ2n) is 4.61. The van der Waals surface area contributed by atoms with Crippen LogP contribution >= 0.6 is 0 Å². The van der Waals surface area contributed by atoms with Crippen LogP contribution in [0.5, 0.6) is 0 Å². The summed E-state index contributed by atoms with van der Waals surface area (Å²) in [6.07, 6.45) is 8.81. The van der Waals surface area contributed by atoms with Gasteiger partial charge in [0, 0.05) is 12.8 Å². The van der Waals surface area contributed by atoms with Crippen LogP contribution in [-0.4, -0.2) is 5.78 Å². The lowest BCUT2D eigenvalue weighted by molar-refractivity contribution is -0.120. The molecule has 0 aromatic carbocycles. The van der Waals surface area contributed by atoms with E-state index in [0.29, 0.717) is 17.6 Å². The molecule has 1 nitrogen and oxygen atoms in total. The van der Waals surface area contributed by atoms with Crippen LogP contribution in [0.3, 0.4) is 0 Å². The van der Waals surface area contributed by atoms with E-state index in [0.717, 1.165) is 19.3 Å². The summed E-state index contributed by atoms with van der Waals surface area (Å²) >= 11 is 0. The van der Waals surface area contributed by atoms with Gasteiger partial charge in [0.2, 0.25) is 0 Å². The minimum atomic E-state index is 0.498. The molecule has 2 aliphatic rings. The van der Waals surface area contributed by atoms with Crippen molar-refractivity contribution in [1.82, 2.24) is 0 Å². The minimum Gasteiger partial charge on any atom is -0.300 e. The van der Waals surface area contributed by atoms with Crippen LogP contribution in [0.1, 0.15) is 45.4 Å². The first-order valence-electron chi connectivity index (χ1n) is 5.46. The van der Waals surface area contributed by atoms with Gasteiger partial charge in [0.25, 0.3) is 0 Å². The average molecular weight is 178 g/mol. The molecule has 0 aromatic heterocycles. The van der Waals surface area contributed by atoms with E-state index in [1.807, 2.05) is 0 Å². The van der Waals surface area contributed by atoms with Gasteiger partial charge < -0.3 is 0 Å². The SMILES string of the molecule is CC1CCC(=O)CC2CCC=C1C2. The van der Waals surface area contributed by atoms with E-state index in [1.54, 1.807) is 5.57 Å². The zero-order valence-corrected chi connectivity index (χ0v) is 8.38. The average Bonchev–Trinajstić information content (AvgIpc) is 2.13. The summed E-state index contributed by atoms with van der Waals surface area (Å²) in [7, 11) is 0. The second-order valence-corrected chi connectivity index (χ2v) is 4.61. The molecule has 2 aliphatic carbocycles. The van der Waals surface area contributed by atoms with Gasteiger partial charge in [-0.2, -0.15) is 0 Å². The summed E-state index contributed by atoms with van der Waals surface area (Å²) < 4.78 is 0. The Balaban J connectivity index is 2.14. The number of hydrogen-bond acceptors (Lipinski definition) is 1. The van der Waals surface area contributed by atoms with Gasteiger partial charge in [-0.15, -0.1) is 0 Å². The summed E-state index contributed by atoms with van der Waals surface area (Å²) in [5.41, 5.74) is 1.63. The van der Waals surface area contributed by atoms with Gasteiger partial charge >= 0.3 is 0 Å². The molecule has 1 heteroatoms. The van der Waals surface area contributed by atoms with Crippen LogP contribution in [0.15, 0.2) is 11.6 Å². The third-order valence-corrected chi connectivity index (χ3v) is 3.51. The van der Waals surface area contributed by atoms with E-state index in [1.165, 1.54) is 19.3 Å². The standard InChI is InChI=1S/C12H18O/c1-9-5-6-12(13)8-10-3-2-4-11(9)7-10/h4,9-10H,2-3,5-8H2,1H3. The van der Waals surface area contributed by atoms with Crippen LogP contribution in [0.2, 0.25) is 0 Å². The van der Waals surface area contributed by atoms with Gasteiger partial charge in [-0.25, -0.2) is 0 Å². The highest BCUT2D eigenvalue weighted by Crippen LogP contribution is 2.35. The van der Waals surface area contributed by atoms with Crippen molar-refractivity contribution in [3.63, 3.8) is 0 Å². The lowest BCUT2D eigenvalue weighted by atomic mass is 9.77. The van der Waals surface area contributed by atoms with E-state index in [2.05, 4.69) is 13.0 Å². The molecule has 0 radical (unpaired) electrons. The Hall–Kier alpha value is -0.590. The number of allylic oxidation sites excluding steroid dienone is 2. The van der Waals surface area contributed by atoms with E-state index in [4.69, 9.17) is 0 Å². The van der Waals surface area contributed by atoms with Crippen molar-refractivity contribution in [2.75, 3.05) is 0 Å². The Morgan fingerprint density at radius 3 is 3.00 bits per heavy atom. The monoisotopic (exact) mass is 178 g/mol. The van der Waals surface area contributed by atoms with Crippen LogP contribution in [0.4, 0.5) is 0 Å². The maximum absolute atomic E-state index is 11.5. The molecular weight excluding hydrogens is 160 g/mol. The number of fused-ring (bicyclic) bond motifs is 2. The Morgan fingerprint density at radius 1 is 1.31 bits per heavy atom. The van der Waals surface area contributed by atoms with Crippen LogP contribution in [0, 0.1) is 11.8 Å². The van der Waals surface area contributed by atoms with Crippen molar-refractivity contribution in [1.29, 1.82) is 0 Å². The topological polar surface area (TPSA) is 17.1 Å². The molecule has 0 spiro atoms. The van der Waals surface area contributed by atoms with E-state index in [-0.39, 0.29) is 0 Å². The lowest BCUT2D eigenvalue weighted by Gasteiger charge is -2.28. The number of ketones is 1. The maximum atomic E-state index is 11.5. The van der Waals surface area contributed by atoms with Crippen molar-refractivity contribution < 1.29 is 4.79 Å². The van der Waals surface area contributed by atoms with Crippen molar-refractivity contribution in [3.8, 4) is 0 Å². The molecular formula is C12H18O. The van der Waals surface area contributed by atoms with Crippen LogP contribution < -0.4 is 0 Å². The normalized spacial score (nSPS) is 34.8. The Morgan fingerprint density at radius 2 is 2.15 bits per heavy atom. The highest BCUT2D eigenvalue weighted by Gasteiger charge is 2.24. The van der Waals surface area contributed by atoms with Gasteiger partial charge in [-0.05, 0) is 37.5 Å². The molecule has 2 unspecified atom stereocenters. The zero-order chi connectivity index (χ0) is 9.26. The van der Waals surface area contributed by atoms with Gasteiger partial charge in [-0.1, -0.05) is 18.6 Å². The summed E-state index contributed by atoms with van der Waals surface area (Å²) in [5.74, 6) is 1.83. The highest BCUT2D eigenvalue weighted by molar-refractivity contribution is 5.78. The number of rotatable bonds is 0. The van der Waals surface area contributed by atoms with Crippen molar-refractivity contribution in [3.05, 3.63) is 11.6 Å². The number of carbonyl (C=O) groups excluding carboxylic acids is 1. The molecule has 1 fully saturated rings. The van der Waals surface area contributed by atoms with Gasteiger partial charge in [-0.3, -0.25) is 4.79 Å². The fourth-order valence-corrected chi connectivity index (χ4v) is 2.59. The quantitative estimate of drug-likeness (QED) is 0.521. The van der Waals surface area contributed by atoms with Crippen molar-refractivity contribution in [2.45, 2.75) is 45.4 Å². The number of hydrogen-bond donors (Lipinski definition) is 0. The lowest BCUT2D eigenvalue weighted by Crippen LogP contribution is -2.19. The predicted molar refractivity (Wildman–Crippen MR) is 53.4 cm³/mol. The molecule has 2 atom stereocenters. The molecule has 2 rings (SSSR count). The van der Waals surface area contributed by atoms with Crippen molar-refractivity contribution in [2.24, 2.45) is 11.8 Å². The molecule has 0 saturated heterocycles. The number of carbonyl (C=O) groups is 1. The van der Waals surface area contributed by atoms with E-state index < -0.39 is 0 Å². The summed E-state index contributed by atoms with van der Waals surface area (Å²) in [6.45, 7) is 2.27. The second kappa shape index (κ2) is 3.65. The van der Waals surface area contributed by atoms with Crippen molar-refractivity contribution >= 4 is 5.78 Å². The van der Waals surface area contributed by atoms with Gasteiger partial charge in [0.15, 0.2) is 0 Å². The summed E-state index contributed by atoms with van der Waals surface area (Å²) in [5, 5.41) is 0. The first kappa shape index (κ1) is 8.98. The first-order chi connectivity index (χ1) is 6.25. The fourth-order valence-electron chi connectivity index (χ4n) is 2.59. The van der Waals surface area contributed by atoms with Gasteiger partial charge in [0.05, 0.1) is 0 Å². The molecule has 2 bridgehead atoms.